The highest BCUT2D eigenvalue weighted by Crippen LogP contribution is 2.22. The Hall–Kier alpha value is -2.40. The third-order valence-electron chi connectivity index (χ3n) is 3.36. The van der Waals surface area contributed by atoms with Crippen molar-refractivity contribution in [3.8, 4) is 0 Å². The molecular weight excluding hydrogens is 304 g/mol. The fourth-order valence-electron chi connectivity index (χ4n) is 2.17. The van der Waals surface area contributed by atoms with Gasteiger partial charge >= 0.3 is 0 Å². The lowest BCUT2D eigenvalue weighted by atomic mass is 10.2. The van der Waals surface area contributed by atoms with Gasteiger partial charge in [-0.05, 0) is 17.2 Å². The Morgan fingerprint density at radius 1 is 0.913 bits per heavy atom. The molecule has 0 fully saturated rings. The number of aromatic nitrogens is 3. The lowest BCUT2D eigenvalue weighted by Gasteiger charge is -2.18. The molecule has 0 amide bonds. The van der Waals surface area contributed by atoms with E-state index in [2.05, 4.69) is 50.2 Å². The third kappa shape index (κ3) is 4.53. The van der Waals surface area contributed by atoms with Crippen LogP contribution in [0, 0.1) is 0 Å². The van der Waals surface area contributed by atoms with Crippen molar-refractivity contribution in [2.75, 3.05) is 11.9 Å². The maximum absolute atomic E-state index is 4.69. The first-order valence-corrected chi connectivity index (χ1v) is 8.38. The van der Waals surface area contributed by atoms with Crippen LogP contribution < -0.4 is 4.90 Å². The standard InChI is InChI=1S/C18H18N4S/c1-22(13-16-8-5-9-19-10-16)17-11-20-12-18(21-17)23-14-15-6-3-2-4-7-15/h2-12H,13-14H2,1H3. The van der Waals surface area contributed by atoms with Crippen molar-refractivity contribution >= 4 is 17.6 Å². The van der Waals surface area contributed by atoms with Crippen LogP contribution in [0.4, 0.5) is 5.82 Å². The molecular formula is C18H18N4S. The summed E-state index contributed by atoms with van der Waals surface area (Å²) in [5, 5.41) is 0.935. The molecule has 0 saturated carbocycles. The molecule has 2 heterocycles. The summed E-state index contributed by atoms with van der Waals surface area (Å²) in [4.78, 5) is 15.2. The molecule has 5 heteroatoms. The minimum atomic E-state index is 0.759. The van der Waals surface area contributed by atoms with Crippen molar-refractivity contribution in [3.05, 3.63) is 78.4 Å². The summed E-state index contributed by atoms with van der Waals surface area (Å²) in [7, 11) is 2.02. The van der Waals surface area contributed by atoms with Gasteiger partial charge in [0.25, 0.3) is 0 Å². The van der Waals surface area contributed by atoms with E-state index in [0.717, 1.165) is 28.7 Å². The first-order valence-electron chi connectivity index (χ1n) is 7.40. The molecule has 0 unspecified atom stereocenters. The average molecular weight is 322 g/mol. The van der Waals surface area contributed by atoms with Gasteiger partial charge in [-0.15, -0.1) is 11.8 Å². The first kappa shape index (κ1) is 15.5. The van der Waals surface area contributed by atoms with Gasteiger partial charge in [-0.3, -0.25) is 9.97 Å². The summed E-state index contributed by atoms with van der Waals surface area (Å²) in [5.41, 5.74) is 2.44. The highest BCUT2D eigenvalue weighted by molar-refractivity contribution is 7.98. The molecule has 0 atom stereocenters. The van der Waals surface area contributed by atoms with Crippen LogP contribution in [-0.2, 0) is 12.3 Å². The molecule has 2 aromatic heterocycles. The monoisotopic (exact) mass is 322 g/mol. The van der Waals surface area contributed by atoms with E-state index in [0.29, 0.717) is 0 Å². The van der Waals surface area contributed by atoms with Gasteiger partial charge in [0, 0.05) is 31.7 Å². The van der Waals surface area contributed by atoms with E-state index in [9.17, 15) is 0 Å². The maximum Gasteiger partial charge on any atom is 0.148 e. The number of nitrogens with zero attached hydrogens (tertiary/aromatic N) is 4. The van der Waals surface area contributed by atoms with E-state index < -0.39 is 0 Å². The second kappa shape index (κ2) is 7.74. The Bertz CT molecular complexity index is 734. The Morgan fingerprint density at radius 2 is 1.74 bits per heavy atom. The number of benzene rings is 1. The predicted octanol–water partition coefficient (Wildman–Crippen LogP) is 3.80. The largest absolute Gasteiger partial charge is 0.354 e. The van der Waals surface area contributed by atoms with Crippen LogP contribution in [-0.4, -0.2) is 22.0 Å². The zero-order valence-electron chi connectivity index (χ0n) is 13.0. The summed E-state index contributed by atoms with van der Waals surface area (Å²) in [6.07, 6.45) is 7.26. The van der Waals surface area contributed by atoms with Crippen molar-refractivity contribution in [1.29, 1.82) is 0 Å². The molecule has 0 saturated heterocycles. The van der Waals surface area contributed by atoms with Crippen LogP contribution in [0.5, 0.6) is 0 Å². The fraction of sp³-hybridized carbons (Fsp3) is 0.167. The number of hydrogen-bond donors (Lipinski definition) is 0. The van der Waals surface area contributed by atoms with Crippen LogP contribution in [0.1, 0.15) is 11.1 Å². The molecule has 3 rings (SSSR count). The molecule has 0 radical (unpaired) electrons. The van der Waals surface area contributed by atoms with Crippen molar-refractivity contribution in [3.63, 3.8) is 0 Å². The minimum Gasteiger partial charge on any atom is -0.354 e. The summed E-state index contributed by atoms with van der Waals surface area (Å²) in [6, 6.07) is 14.4. The average Bonchev–Trinajstić information content (AvgIpc) is 2.62. The molecule has 4 nitrogen and oxygen atoms in total. The molecule has 1 aromatic carbocycles. The van der Waals surface area contributed by atoms with E-state index in [4.69, 9.17) is 0 Å². The SMILES string of the molecule is CN(Cc1cccnc1)c1cncc(SCc2ccccc2)n1. The minimum absolute atomic E-state index is 0.759. The summed E-state index contributed by atoms with van der Waals surface area (Å²) < 4.78 is 0. The summed E-state index contributed by atoms with van der Waals surface area (Å²) in [5.74, 6) is 1.76. The van der Waals surface area contributed by atoms with E-state index in [1.807, 2.05) is 31.6 Å². The topological polar surface area (TPSA) is 41.9 Å². The molecule has 3 aromatic rings. The summed E-state index contributed by atoms with van der Waals surface area (Å²) >= 11 is 1.70. The summed E-state index contributed by atoms with van der Waals surface area (Å²) in [6.45, 7) is 0.759. The quantitative estimate of drug-likeness (QED) is 0.646. The third-order valence-corrected chi connectivity index (χ3v) is 4.33. The second-order valence-corrected chi connectivity index (χ2v) is 6.20. The Morgan fingerprint density at radius 3 is 2.52 bits per heavy atom. The Balaban J connectivity index is 1.64. The van der Waals surface area contributed by atoms with Gasteiger partial charge in [-0.1, -0.05) is 36.4 Å². The zero-order chi connectivity index (χ0) is 15.9. The van der Waals surface area contributed by atoms with Gasteiger partial charge in [-0.2, -0.15) is 0 Å². The van der Waals surface area contributed by atoms with E-state index >= 15 is 0 Å². The molecule has 0 bridgehead atoms. The first-order chi connectivity index (χ1) is 11.3. The van der Waals surface area contributed by atoms with Crippen LogP contribution in [0.3, 0.4) is 0 Å². The van der Waals surface area contributed by atoms with Crippen LogP contribution in [0.25, 0.3) is 0 Å². The highest BCUT2D eigenvalue weighted by atomic mass is 32.2. The smallest absolute Gasteiger partial charge is 0.148 e. The van der Waals surface area contributed by atoms with Crippen molar-refractivity contribution < 1.29 is 0 Å². The normalized spacial score (nSPS) is 10.5. The molecule has 0 spiro atoms. The van der Waals surface area contributed by atoms with Crippen LogP contribution in [0.2, 0.25) is 0 Å². The van der Waals surface area contributed by atoms with E-state index in [1.54, 1.807) is 24.2 Å². The zero-order valence-corrected chi connectivity index (χ0v) is 13.8. The molecule has 0 aliphatic heterocycles. The number of thioether (sulfide) groups is 1. The van der Waals surface area contributed by atoms with Gasteiger partial charge in [0.2, 0.25) is 0 Å². The Kier molecular flexibility index (Phi) is 5.21. The lowest BCUT2D eigenvalue weighted by Crippen LogP contribution is -2.18. The van der Waals surface area contributed by atoms with Crippen molar-refractivity contribution in [2.24, 2.45) is 0 Å². The van der Waals surface area contributed by atoms with Crippen molar-refractivity contribution in [2.45, 2.75) is 17.3 Å². The van der Waals surface area contributed by atoms with Crippen LogP contribution >= 0.6 is 11.8 Å². The fourth-order valence-corrected chi connectivity index (χ4v) is 2.97. The number of rotatable bonds is 6. The van der Waals surface area contributed by atoms with Crippen LogP contribution in [0.15, 0.2) is 72.3 Å². The van der Waals surface area contributed by atoms with E-state index in [-0.39, 0.29) is 0 Å². The second-order valence-electron chi connectivity index (χ2n) is 5.21. The lowest BCUT2D eigenvalue weighted by molar-refractivity contribution is 0.865. The molecule has 0 aliphatic rings. The highest BCUT2D eigenvalue weighted by Gasteiger charge is 2.06. The molecule has 0 N–H and O–H groups in total. The molecule has 0 aliphatic carbocycles. The van der Waals surface area contributed by atoms with Gasteiger partial charge in [-0.25, -0.2) is 4.98 Å². The van der Waals surface area contributed by atoms with Gasteiger partial charge in [0.1, 0.15) is 10.8 Å². The van der Waals surface area contributed by atoms with E-state index in [1.165, 1.54) is 5.56 Å². The maximum atomic E-state index is 4.69. The number of pyridine rings is 1. The van der Waals surface area contributed by atoms with Gasteiger partial charge < -0.3 is 4.90 Å². The predicted molar refractivity (Wildman–Crippen MR) is 94.4 cm³/mol. The van der Waals surface area contributed by atoms with Crippen molar-refractivity contribution in [1.82, 2.24) is 15.0 Å². The van der Waals surface area contributed by atoms with Gasteiger partial charge in [0.05, 0.1) is 12.4 Å². The van der Waals surface area contributed by atoms with Gasteiger partial charge in [0.15, 0.2) is 0 Å². The molecule has 23 heavy (non-hydrogen) atoms. The number of hydrogen-bond acceptors (Lipinski definition) is 5. The number of anilines is 1. The Labute approximate surface area is 140 Å². The molecule has 116 valence electrons.